The molecule has 4 nitrogen and oxygen atoms in total. The van der Waals surface area contributed by atoms with Gasteiger partial charge in [0.1, 0.15) is 5.69 Å². The molecule has 4 heteroatoms. The lowest BCUT2D eigenvalue weighted by Crippen LogP contribution is -2.25. The molecule has 1 unspecified atom stereocenters. The minimum atomic E-state index is -0.805. The van der Waals surface area contributed by atoms with E-state index in [1.807, 2.05) is 19.1 Å². The fourth-order valence-electron chi connectivity index (χ4n) is 1.93. The summed E-state index contributed by atoms with van der Waals surface area (Å²) in [4.78, 5) is 24.1. The third-order valence-electron chi connectivity index (χ3n) is 3.29. The maximum absolute atomic E-state index is 12.1. The van der Waals surface area contributed by atoms with Crippen LogP contribution in [0.4, 0.5) is 0 Å². The Labute approximate surface area is 118 Å². The molecule has 0 aliphatic carbocycles. The van der Waals surface area contributed by atoms with E-state index in [-0.39, 0.29) is 5.78 Å². The SMILES string of the molecule is Cc1ccc(C(=O)OC(C)C(=O)c2ccccc2)n1C. The highest BCUT2D eigenvalue weighted by molar-refractivity contribution is 6.01. The molecular weight excluding hydrogens is 254 g/mol. The van der Waals surface area contributed by atoms with Crippen LogP contribution >= 0.6 is 0 Å². The molecule has 0 aliphatic rings. The minimum absolute atomic E-state index is 0.204. The third-order valence-corrected chi connectivity index (χ3v) is 3.29. The summed E-state index contributed by atoms with van der Waals surface area (Å²) in [6, 6.07) is 12.3. The first kappa shape index (κ1) is 14.1. The summed E-state index contributed by atoms with van der Waals surface area (Å²) in [5.41, 5.74) is 1.94. The average Bonchev–Trinajstić information content (AvgIpc) is 2.79. The number of carbonyl (C=O) groups is 2. The highest BCUT2D eigenvalue weighted by Crippen LogP contribution is 2.11. The average molecular weight is 271 g/mol. The number of ketones is 1. The molecule has 0 radical (unpaired) electrons. The zero-order valence-corrected chi connectivity index (χ0v) is 11.8. The molecular formula is C16H17NO3. The number of hydrogen-bond acceptors (Lipinski definition) is 3. The smallest absolute Gasteiger partial charge is 0.355 e. The van der Waals surface area contributed by atoms with E-state index in [1.54, 1.807) is 48.9 Å². The Morgan fingerprint density at radius 2 is 1.75 bits per heavy atom. The van der Waals surface area contributed by atoms with E-state index in [9.17, 15) is 9.59 Å². The van der Waals surface area contributed by atoms with E-state index in [4.69, 9.17) is 4.74 Å². The highest BCUT2D eigenvalue weighted by Gasteiger charge is 2.21. The Bertz CT molecular complexity index is 628. The molecule has 20 heavy (non-hydrogen) atoms. The van der Waals surface area contributed by atoms with Crippen molar-refractivity contribution in [2.24, 2.45) is 7.05 Å². The van der Waals surface area contributed by atoms with Crippen molar-refractivity contribution in [3.8, 4) is 0 Å². The number of esters is 1. The fraction of sp³-hybridized carbons (Fsp3) is 0.250. The Kier molecular flexibility index (Phi) is 4.03. The van der Waals surface area contributed by atoms with Crippen molar-refractivity contribution in [3.63, 3.8) is 0 Å². The number of Topliss-reactive ketones (excluding diaryl/α,β-unsaturated/α-hetero) is 1. The second kappa shape index (κ2) is 5.74. The summed E-state index contributed by atoms with van der Waals surface area (Å²) in [6.07, 6.45) is -0.805. The van der Waals surface area contributed by atoms with Gasteiger partial charge in [-0.25, -0.2) is 4.79 Å². The van der Waals surface area contributed by atoms with Crippen molar-refractivity contribution >= 4 is 11.8 Å². The number of carbonyl (C=O) groups excluding carboxylic acids is 2. The molecule has 0 spiro atoms. The zero-order valence-electron chi connectivity index (χ0n) is 11.8. The maximum atomic E-state index is 12.1. The van der Waals surface area contributed by atoms with Crippen LogP contribution in [0, 0.1) is 6.92 Å². The predicted octanol–water partition coefficient (Wildman–Crippen LogP) is 2.76. The predicted molar refractivity (Wildman–Crippen MR) is 75.8 cm³/mol. The number of hydrogen-bond donors (Lipinski definition) is 0. The van der Waals surface area contributed by atoms with Gasteiger partial charge in [0.15, 0.2) is 6.10 Å². The van der Waals surface area contributed by atoms with E-state index >= 15 is 0 Å². The molecule has 0 amide bonds. The van der Waals surface area contributed by atoms with Crippen LogP contribution in [0.5, 0.6) is 0 Å². The Balaban J connectivity index is 2.08. The molecule has 0 saturated carbocycles. The number of aromatic nitrogens is 1. The summed E-state index contributed by atoms with van der Waals surface area (Å²) in [7, 11) is 1.79. The van der Waals surface area contributed by atoms with E-state index in [1.165, 1.54) is 0 Å². The van der Waals surface area contributed by atoms with Crippen LogP contribution in [0.3, 0.4) is 0 Å². The first-order valence-electron chi connectivity index (χ1n) is 6.43. The van der Waals surface area contributed by atoms with E-state index < -0.39 is 12.1 Å². The van der Waals surface area contributed by atoms with Gasteiger partial charge in [-0.2, -0.15) is 0 Å². The van der Waals surface area contributed by atoms with Crippen molar-refractivity contribution in [1.29, 1.82) is 0 Å². The minimum Gasteiger partial charge on any atom is -0.450 e. The van der Waals surface area contributed by atoms with E-state index in [2.05, 4.69) is 0 Å². The normalized spacial score (nSPS) is 11.9. The molecule has 1 heterocycles. The fourth-order valence-corrected chi connectivity index (χ4v) is 1.93. The highest BCUT2D eigenvalue weighted by atomic mass is 16.5. The molecule has 0 aliphatic heterocycles. The maximum Gasteiger partial charge on any atom is 0.355 e. The molecule has 1 aromatic heterocycles. The molecule has 104 valence electrons. The summed E-state index contributed by atoms with van der Waals surface area (Å²) >= 11 is 0. The van der Waals surface area contributed by atoms with Crippen LogP contribution in [0.15, 0.2) is 42.5 Å². The number of benzene rings is 1. The molecule has 0 N–H and O–H groups in total. The van der Waals surface area contributed by atoms with Crippen LogP contribution < -0.4 is 0 Å². The van der Waals surface area contributed by atoms with Crippen molar-refractivity contribution in [3.05, 3.63) is 59.4 Å². The third kappa shape index (κ3) is 2.79. The van der Waals surface area contributed by atoms with Gasteiger partial charge in [-0.05, 0) is 26.0 Å². The summed E-state index contributed by atoms with van der Waals surface area (Å²) < 4.78 is 6.98. The summed E-state index contributed by atoms with van der Waals surface area (Å²) in [5.74, 6) is -0.692. The molecule has 1 aromatic carbocycles. The second-order valence-corrected chi connectivity index (χ2v) is 4.70. The van der Waals surface area contributed by atoms with Gasteiger partial charge < -0.3 is 9.30 Å². The van der Waals surface area contributed by atoms with Gasteiger partial charge in [0, 0.05) is 18.3 Å². The van der Waals surface area contributed by atoms with Gasteiger partial charge in [0.25, 0.3) is 0 Å². The first-order valence-corrected chi connectivity index (χ1v) is 6.43. The van der Waals surface area contributed by atoms with Crippen LogP contribution in [0.1, 0.15) is 33.5 Å². The molecule has 1 atom stereocenters. The van der Waals surface area contributed by atoms with Gasteiger partial charge in [0.05, 0.1) is 0 Å². The molecule has 2 aromatic rings. The Morgan fingerprint density at radius 3 is 2.30 bits per heavy atom. The summed E-state index contributed by atoms with van der Waals surface area (Å²) in [6.45, 7) is 3.48. The van der Waals surface area contributed by atoms with Gasteiger partial charge in [0.2, 0.25) is 5.78 Å². The van der Waals surface area contributed by atoms with Crippen LogP contribution in [0.2, 0.25) is 0 Å². The van der Waals surface area contributed by atoms with Crippen molar-refractivity contribution in [2.75, 3.05) is 0 Å². The monoisotopic (exact) mass is 271 g/mol. The first-order chi connectivity index (χ1) is 9.50. The van der Waals surface area contributed by atoms with Crippen molar-refractivity contribution in [2.45, 2.75) is 20.0 Å². The van der Waals surface area contributed by atoms with Gasteiger partial charge >= 0.3 is 5.97 Å². The van der Waals surface area contributed by atoms with Gasteiger partial charge in [-0.15, -0.1) is 0 Å². The number of aryl methyl sites for hydroxylation is 1. The zero-order chi connectivity index (χ0) is 14.7. The van der Waals surface area contributed by atoms with Crippen molar-refractivity contribution < 1.29 is 14.3 Å². The lowest BCUT2D eigenvalue weighted by atomic mass is 10.1. The van der Waals surface area contributed by atoms with Crippen molar-refractivity contribution in [1.82, 2.24) is 4.57 Å². The molecule has 0 fully saturated rings. The van der Waals surface area contributed by atoms with E-state index in [0.717, 1.165) is 5.69 Å². The number of rotatable bonds is 4. The quantitative estimate of drug-likeness (QED) is 0.634. The second-order valence-electron chi connectivity index (χ2n) is 4.70. The van der Waals surface area contributed by atoms with Gasteiger partial charge in [-0.1, -0.05) is 30.3 Å². The molecule has 0 bridgehead atoms. The Hall–Kier alpha value is -2.36. The lowest BCUT2D eigenvalue weighted by molar-refractivity contribution is 0.0309. The molecule has 0 saturated heterocycles. The number of ether oxygens (including phenoxy) is 1. The lowest BCUT2D eigenvalue weighted by Gasteiger charge is -2.13. The Morgan fingerprint density at radius 1 is 1.10 bits per heavy atom. The number of nitrogens with zero attached hydrogens (tertiary/aromatic N) is 1. The van der Waals surface area contributed by atoms with Crippen LogP contribution in [0.25, 0.3) is 0 Å². The summed E-state index contributed by atoms with van der Waals surface area (Å²) in [5, 5.41) is 0. The van der Waals surface area contributed by atoms with E-state index in [0.29, 0.717) is 11.3 Å². The van der Waals surface area contributed by atoms with Crippen LogP contribution in [-0.4, -0.2) is 22.4 Å². The van der Waals surface area contributed by atoms with Crippen LogP contribution in [-0.2, 0) is 11.8 Å². The molecule has 2 rings (SSSR count). The largest absolute Gasteiger partial charge is 0.450 e. The van der Waals surface area contributed by atoms with Gasteiger partial charge in [-0.3, -0.25) is 4.79 Å². The topological polar surface area (TPSA) is 48.3 Å². The standard InChI is InChI=1S/C16H17NO3/c1-11-9-10-14(17(11)3)16(19)20-12(2)15(18)13-7-5-4-6-8-13/h4-10,12H,1-3H3.